The lowest BCUT2D eigenvalue weighted by Gasteiger charge is -2.28. The number of H-pyrrole nitrogens is 1. The van der Waals surface area contributed by atoms with Gasteiger partial charge in [0, 0.05) is 18.9 Å². The summed E-state index contributed by atoms with van der Waals surface area (Å²) < 4.78 is 0. The van der Waals surface area contributed by atoms with E-state index < -0.39 is 0 Å². The minimum atomic E-state index is 0.0895. The number of aromatic amines is 1. The first-order valence-electron chi connectivity index (χ1n) is 8.44. The van der Waals surface area contributed by atoms with Crippen molar-refractivity contribution in [3.05, 3.63) is 54.1 Å². The van der Waals surface area contributed by atoms with E-state index in [2.05, 4.69) is 44.5 Å². The molecule has 1 atom stereocenters. The number of benzene rings is 1. The number of amides is 1. The number of hydrogen-bond acceptors (Lipinski definition) is 4. The van der Waals surface area contributed by atoms with E-state index in [1.165, 1.54) is 18.4 Å². The van der Waals surface area contributed by atoms with E-state index in [0.717, 1.165) is 24.7 Å². The van der Waals surface area contributed by atoms with Crippen LogP contribution < -0.4 is 5.32 Å². The highest BCUT2D eigenvalue weighted by Gasteiger charge is 2.23. The van der Waals surface area contributed by atoms with Gasteiger partial charge in [0.2, 0.25) is 5.91 Å². The van der Waals surface area contributed by atoms with E-state index in [4.69, 9.17) is 0 Å². The van der Waals surface area contributed by atoms with E-state index in [0.29, 0.717) is 12.3 Å². The molecule has 0 unspecified atom stereocenters. The Morgan fingerprint density at radius 1 is 1.29 bits per heavy atom. The SMILES string of the molecule is O=C(CSCc1ncc[nH]1)NC[C@H](c1ccccc1)N1CCCC1. The van der Waals surface area contributed by atoms with E-state index in [1.807, 2.05) is 6.07 Å². The van der Waals surface area contributed by atoms with Crippen LogP contribution in [0.5, 0.6) is 0 Å². The second-order valence-electron chi connectivity index (χ2n) is 6.00. The quantitative estimate of drug-likeness (QED) is 0.773. The lowest BCUT2D eigenvalue weighted by Crippen LogP contribution is -2.37. The van der Waals surface area contributed by atoms with Gasteiger partial charge in [0.1, 0.15) is 5.82 Å². The molecule has 1 fully saturated rings. The molecule has 0 bridgehead atoms. The van der Waals surface area contributed by atoms with E-state index in [9.17, 15) is 4.79 Å². The van der Waals surface area contributed by atoms with Crippen molar-refractivity contribution in [2.75, 3.05) is 25.4 Å². The first-order valence-corrected chi connectivity index (χ1v) is 9.60. The molecule has 0 aliphatic carbocycles. The van der Waals surface area contributed by atoms with Crippen molar-refractivity contribution in [1.29, 1.82) is 0 Å². The fraction of sp³-hybridized carbons (Fsp3) is 0.444. The second-order valence-corrected chi connectivity index (χ2v) is 6.99. The number of aromatic nitrogens is 2. The van der Waals surface area contributed by atoms with Crippen molar-refractivity contribution in [2.24, 2.45) is 0 Å². The highest BCUT2D eigenvalue weighted by Crippen LogP contribution is 2.24. The van der Waals surface area contributed by atoms with Crippen LogP contribution in [0.15, 0.2) is 42.7 Å². The molecule has 2 N–H and O–H groups in total. The summed E-state index contributed by atoms with van der Waals surface area (Å²) in [5.41, 5.74) is 1.28. The summed E-state index contributed by atoms with van der Waals surface area (Å²) >= 11 is 1.58. The number of likely N-dealkylation sites (tertiary alicyclic amines) is 1. The van der Waals surface area contributed by atoms with Gasteiger partial charge >= 0.3 is 0 Å². The Labute approximate surface area is 147 Å². The average molecular weight is 344 g/mol. The van der Waals surface area contributed by atoms with Crippen LogP contribution in [0.2, 0.25) is 0 Å². The van der Waals surface area contributed by atoms with Crippen LogP contribution in [0.4, 0.5) is 0 Å². The summed E-state index contributed by atoms with van der Waals surface area (Å²) in [7, 11) is 0. The van der Waals surface area contributed by atoms with Gasteiger partial charge in [0.25, 0.3) is 0 Å². The van der Waals surface area contributed by atoms with Gasteiger partial charge < -0.3 is 10.3 Å². The Morgan fingerprint density at radius 2 is 2.08 bits per heavy atom. The van der Waals surface area contributed by atoms with Gasteiger partial charge in [0.15, 0.2) is 0 Å². The van der Waals surface area contributed by atoms with Crippen molar-refractivity contribution in [3.8, 4) is 0 Å². The predicted molar refractivity (Wildman–Crippen MR) is 97.7 cm³/mol. The van der Waals surface area contributed by atoms with Crippen LogP contribution in [0.25, 0.3) is 0 Å². The van der Waals surface area contributed by atoms with Crippen LogP contribution in [-0.2, 0) is 10.5 Å². The van der Waals surface area contributed by atoms with Crippen LogP contribution in [0, 0.1) is 0 Å². The molecular weight excluding hydrogens is 320 g/mol. The molecule has 1 aromatic carbocycles. The Balaban J connectivity index is 1.48. The second kappa shape index (κ2) is 8.89. The third kappa shape index (κ3) is 4.85. The molecule has 0 saturated carbocycles. The molecule has 1 aliphatic rings. The van der Waals surface area contributed by atoms with Crippen LogP contribution >= 0.6 is 11.8 Å². The predicted octanol–water partition coefficient (Wildman–Crippen LogP) is 2.60. The van der Waals surface area contributed by atoms with Crippen LogP contribution in [0.3, 0.4) is 0 Å². The maximum Gasteiger partial charge on any atom is 0.230 e. The largest absolute Gasteiger partial charge is 0.353 e. The van der Waals surface area contributed by atoms with Crippen molar-refractivity contribution < 1.29 is 4.79 Å². The average Bonchev–Trinajstić information content (AvgIpc) is 3.30. The van der Waals surface area contributed by atoms with Gasteiger partial charge in [-0.25, -0.2) is 4.98 Å². The summed E-state index contributed by atoms with van der Waals surface area (Å²) in [4.78, 5) is 21.8. The zero-order valence-electron chi connectivity index (χ0n) is 13.8. The van der Waals surface area contributed by atoms with Gasteiger partial charge in [-0.2, -0.15) is 0 Å². The Bertz CT molecular complexity index is 611. The van der Waals surface area contributed by atoms with Crippen molar-refractivity contribution in [1.82, 2.24) is 20.2 Å². The zero-order valence-corrected chi connectivity index (χ0v) is 14.6. The number of rotatable bonds is 8. The number of hydrogen-bond donors (Lipinski definition) is 2. The zero-order chi connectivity index (χ0) is 16.6. The summed E-state index contributed by atoms with van der Waals surface area (Å²) in [5, 5.41) is 3.11. The number of thioether (sulfide) groups is 1. The molecular formula is C18H24N4OS. The number of imidazole rings is 1. The molecule has 5 nitrogen and oxygen atoms in total. The van der Waals surface area contributed by atoms with Crippen LogP contribution in [-0.4, -0.2) is 46.2 Å². The number of nitrogens with one attached hydrogen (secondary N) is 2. The Hall–Kier alpha value is -1.79. The number of carbonyl (C=O) groups excluding carboxylic acids is 1. The molecule has 2 heterocycles. The topological polar surface area (TPSA) is 61.0 Å². The highest BCUT2D eigenvalue weighted by molar-refractivity contribution is 7.99. The normalized spacial score (nSPS) is 16.2. The maximum absolute atomic E-state index is 12.1. The molecule has 1 aliphatic heterocycles. The molecule has 2 aromatic rings. The molecule has 1 saturated heterocycles. The van der Waals surface area contributed by atoms with Gasteiger partial charge in [-0.3, -0.25) is 9.69 Å². The van der Waals surface area contributed by atoms with Gasteiger partial charge in [0.05, 0.1) is 17.5 Å². The van der Waals surface area contributed by atoms with E-state index in [1.54, 1.807) is 24.2 Å². The van der Waals surface area contributed by atoms with E-state index in [-0.39, 0.29) is 11.9 Å². The highest BCUT2D eigenvalue weighted by atomic mass is 32.2. The molecule has 128 valence electrons. The fourth-order valence-electron chi connectivity index (χ4n) is 3.07. The number of nitrogens with zero attached hydrogens (tertiary/aromatic N) is 2. The van der Waals surface area contributed by atoms with Gasteiger partial charge in [-0.1, -0.05) is 30.3 Å². The third-order valence-electron chi connectivity index (χ3n) is 4.29. The molecule has 3 rings (SSSR count). The maximum atomic E-state index is 12.1. The molecule has 1 aromatic heterocycles. The van der Waals surface area contributed by atoms with Gasteiger partial charge in [-0.15, -0.1) is 11.8 Å². The molecule has 1 amide bonds. The standard InChI is InChI=1S/C18H24N4OS/c23-18(14-24-13-17-19-8-9-20-17)21-12-16(22-10-4-5-11-22)15-6-2-1-3-7-15/h1-3,6-9,16H,4-5,10-14H2,(H,19,20)(H,21,23)/t16-/m1/s1. The summed E-state index contributed by atoms with van der Waals surface area (Å²) in [6, 6.07) is 10.8. The summed E-state index contributed by atoms with van der Waals surface area (Å²) in [6.45, 7) is 2.90. The van der Waals surface area contributed by atoms with Crippen molar-refractivity contribution in [2.45, 2.75) is 24.6 Å². The van der Waals surface area contributed by atoms with Crippen molar-refractivity contribution >= 4 is 17.7 Å². The fourth-order valence-corrected chi connectivity index (χ4v) is 3.81. The van der Waals surface area contributed by atoms with E-state index >= 15 is 0 Å². The third-order valence-corrected chi connectivity index (χ3v) is 5.23. The van der Waals surface area contributed by atoms with Gasteiger partial charge in [-0.05, 0) is 31.5 Å². The molecule has 0 radical (unpaired) electrons. The summed E-state index contributed by atoms with van der Waals surface area (Å²) in [6.07, 6.45) is 6.03. The molecule has 24 heavy (non-hydrogen) atoms. The minimum Gasteiger partial charge on any atom is -0.353 e. The van der Waals surface area contributed by atoms with Crippen molar-refractivity contribution in [3.63, 3.8) is 0 Å². The first kappa shape index (κ1) is 17.0. The monoisotopic (exact) mass is 344 g/mol. The molecule has 0 spiro atoms. The van der Waals surface area contributed by atoms with Crippen LogP contribution in [0.1, 0.15) is 30.3 Å². The lowest BCUT2D eigenvalue weighted by atomic mass is 10.1. The number of carbonyl (C=O) groups is 1. The lowest BCUT2D eigenvalue weighted by molar-refractivity contribution is -0.118. The smallest absolute Gasteiger partial charge is 0.230 e. The Morgan fingerprint density at radius 3 is 2.79 bits per heavy atom. The Kier molecular flexibility index (Phi) is 6.32. The first-order chi connectivity index (χ1) is 11.8. The molecule has 6 heteroatoms. The minimum absolute atomic E-state index is 0.0895. The summed E-state index contributed by atoms with van der Waals surface area (Å²) in [5.74, 6) is 2.19.